The lowest BCUT2D eigenvalue weighted by Gasteiger charge is -2.22. The summed E-state index contributed by atoms with van der Waals surface area (Å²) in [5, 5.41) is 9.80. The van der Waals surface area contributed by atoms with Crippen molar-refractivity contribution < 1.29 is 14.6 Å². The standard InChI is InChI=1S/C11H18O3/c1-6(2)7-5-8(12)10-9(7)13-11(3,4)14-10/h7-10,12H,1,5H2,2-4H3/t7-,8+,9-,10+/m1/s1. The largest absolute Gasteiger partial charge is 0.390 e. The van der Waals surface area contributed by atoms with E-state index in [9.17, 15) is 5.11 Å². The monoisotopic (exact) mass is 198 g/mol. The van der Waals surface area contributed by atoms with Gasteiger partial charge in [0.25, 0.3) is 0 Å². The van der Waals surface area contributed by atoms with Crippen LogP contribution in [0.2, 0.25) is 0 Å². The summed E-state index contributed by atoms with van der Waals surface area (Å²) in [5.41, 5.74) is 1.07. The molecule has 0 aromatic heterocycles. The molecule has 14 heavy (non-hydrogen) atoms. The Hall–Kier alpha value is -0.380. The van der Waals surface area contributed by atoms with Gasteiger partial charge in [-0.05, 0) is 27.2 Å². The number of hydrogen-bond donors (Lipinski definition) is 1. The molecular weight excluding hydrogens is 180 g/mol. The fourth-order valence-corrected chi connectivity index (χ4v) is 2.44. The zero-order valence-corrected chi connectivity index (χ0v) is 8.99. The van der Waals surface area contributed by atoms with E-state index < -0.39 is 11.9 Å². The van der Waals surface area contributed by atoms with E-state index in [4.69, 9.17) is 9.47 Å². The maximum absolute atomic E-state index is 9.80. The van der Waals surface area contributed by atoms with Crippen molar-refractivity contribution in [2.75, 3.05) is 0 Å². The lowest BCUT2D eigenvalue weighted by atomic mass is 9.98. The first kappa shape index (κ1) is 10.1. The Morgan fingerprint density at radius 1 is 1.36 bits per heavy atom. The number of rotatable bonds is 1. The van der Waals surface area contributed by atoms with E-state index in [1.165, 1.54) is 0 Å². The average Bonchev–Trinajstić information content (AvgIpc) is 2.47. The minimum absolute atomic E-state index is 0.0162. The average molecular weight is 198 g/mol. The molecule has 0 unspecified atom stereocenters. The Kier molecular flexibility index (Phi) is 2.21. The highest BCUT2D eigenvalue weighted by Crippen LogP contribution is 2.43. The van der Waals surface area contributed by atoms with Crippen molar-refractivity contribution in [3.05, 3.63) is 12.2 Å². The Labute approximate surface area is 84.7 Å². The third-order valence-corrected chi connectivity index (χ3v) is 3.07. The van der Waals surface area contributed by atoms with Crippen LogP contribution in [0.4, 0.5) is 0 Å². The summed E-state index contributed by atoms with van der Waals surface area (Å²) in [6, 6.07) is 0. The van der Waals surface area contributed by atoms with Gasteiger partial charge < -0.3 is 14.6 Å². The minimum atomic E-state index is -0.565. The van der Waals surface area contributed by atoms with Crippen molar-refractivity contribution in [3.8, 4) is 0 Å². The molecule has 2 aliphatic rings. The highest BCUT2D eigenvalue weighted by Gasteiger charge is 2.53. The molecule has 2 fully saturated rings. The van der Waals surface area contributed by atoms with Gasteiger partial charge in [-0.25, -0.2) is 0 Å². The van der Waals surface area contributed by atoms with Gasteiger partial charge in [-0.3, -0.25) is 0 Å². The number of hydrogen-bond acceptors (Lipinski definition) is 3. The molecule has 1 saturated carbocycles. The summed E-state index contributed by atoms with van der Waals surface area (Å²) < 4.78 is 11.4. The van der Waals surface area contributed by atoms with Gasteiger partial charge in [0.2, 0.25) is 0 Å². The highest BCUT2D eigenvalue weighted by atomic mass is 16.8. The van der Waals surface area contributed by atoms with E-state index in [-0.39, 0.29) is 18.1 Å². The maximum atomic E-state index is 9.80. The third kappa shape index (κ3) is 1.49. The van der Waals surface area contributed by atoms with E-state index in [0.717, 1.165) is 5.57 Å². The quantitative estimate of drug-likeness (QED) is 0.648. The predicted octanol–water partition coefficient (Wildman–Crippen LogP) is 1.46. The summed E-state index contributed by atoms with van der Waals surface area (Å²) in [7, 11) is 0. The van der Waals surface area contributed by atoms with Gasteiger partial charge in [0.1, 0.15) is 6.10 Å². The fraction of sp³-hybridized carbons (Fsp3) is 0.818. The van der Waals surface area contributed by atoms with Crippen LogP contribution in [0, 0.1) is 5.92 Å². The smallest absolute Gasteiger partial charge is 0.163 e. The first-order chi connectivity index (χ1) is 6.41. The van der Waals surface area contributed by atoms with Crippen molar-refractivity contribution in [1.29, 1.82) is 0 Å². The Bertz CT molecular complexity index is 259. The van der Waals surface area contributed by atoms with Crippen LogP contribution in [0.1, 0.15) is 27.2 Å². The third-order valence-electron chi connectivity index (χ3n) is 3.07. The number of aliphatic hydroxyl groups excluding tert-OH is 1. The van der Waals surface area contributed by atoms with Crippen LogP contribution >= 0.6 is 0 Å². The van der Waals surface area contributed by atoms with Crippen molar-refractivity contribution in [1.82, 2.24) is 0 Å². The molecule has 1 aliphatic heterocycles. The fourth-order valence-electron chi connectivity index (χ4n) is 2.44. The maximum Gasteiger partial charge on any atom is 0.163 e. The number of ether oxygens (including phenoxy) is 2. The second-order valence-electron chi connectivity index (χ2n) is 4.82. The van der Waals surface area contributed by atoms with Crippen LogP contribution in [0.25, 0.3) is 0 Å². The first-order valence-electron chi connectivity index (χ1n) is 5.10. The molecule has 3 nitrogen and oxygen atoms in total. The van der Waals surface area contributed by atoms with Gasteiger partial charge in [-0.1, -0.05) is 12.2 Å². The minimum Gasteiger partial charge on any atom is -0.390 e. The van der Waals surface area contributed by atoms with Crippen molar-refractivity contribution in [2.45, 2.75) is 51.3 Å². The van der Waals surface area contributed by atoms with E-state index in [1.54, 1.807) is 0 Å². The van der Waals surface area contributed by atoms with Crippen LogP contribution in [-0.2, 0) is 9.47 Å². The summed E-state index contributed by atoms with van der Waals surface area (Å²) in [6.07, 6.45) is 0.105. The molecule has 0 bridgehead atoms. The van der Waals surface area contributed by atoms with E-state index in [1.807, 2.05) is 20.8 Å². The second kappa shape index (κ2) is 3.05. The summed E-state index contributed by atoms with van der Waals surface area (Å²) in [6.45, 7) is 9.68. The molecule has 3 heteroatoms. The highest BCUT2D eigenvalue weighted by molar-refractivity contribution is 5.10. The second-order valence-corrected chi connectivity index (χ2v) is 4.82. The van der Waals surface area contributed by atoms with E-state index in [2.05, 4.69) is 6.58 Å². The Morgan fingerprint density at radius 2 is 1.93 bits per heavy atom. The molecule has 4 atom stereocenters. The number of aliphatic hydroxyl groups is 1. The molecule has 1 saturated heterocycles. The Balaban J connectivity index is 2.19. The van der Waals surface area contributed by atoms with Gasteiger partial charge in [0.15, 0.2) is 5.79 Å². The molecule has 1 aliphatic carbocycles. The zero-order valence-electron chi connectivity index (χ0n) is 8.99. The van der Waals surface area contributed by atoms with Crippen LogP contribution in [0.5, 0.6) is 0 Å². The van der Waals surface area contributed by atoms with E-state index >= 15 is 0 Å². The summed E-state index contributed by atoms with van der Waals surface area (Å²) in [5.74, 6) is -0.332. The van der Waals surface area contributed by atoms with Crippen LogP contribution in [0.15, 0.2) is 12.2 Å². The lowest BCUT2D eigenvalue weighted by molar-refractivity contribution is -0.165. The number of fused-ring (bicyclic) bond motifs is 1. The van der Waals surface area contributed by atoms with E-state index in [0.29, 0.717) is 6.42 Å². The molecule has 0 aromatic rings. The van der Waals surface area contributed by atoms with Gasteiger partial charge in [0.05, 0.1) is 12.2 Å². The zero-order chi connectivity index (χ0) is 10.5. The molecule has 0 radical (unpaired) electrons. The SMILES string of the molecule is C=C(C)[C@H]1C[C@H](O)[C@@H]2OC(C)(C)O[C@@H]21. The van der Waals surface area contributed by atoms with Crippen molar-refractivity contribution in [2.24, 2.45) is 5.92 Å². The lowest BCUT2D eigenvalue weighted by Crippen LogP contribution is -2.28. The normalized spacial score (nSPS) is 45.1. The predicted molar refractivity (Wildman–Crippen MR) is 52.8 cm³/mol. The van der Waals surface area contributed by atoms with Gasteiger partial charge in [0, 0.05) is 5.92 Å². The molecule has 0 amide bonds. The molecule has 0 aromatic carbocycles. The summed E-state index contributed by atoms with van der Waals surface area (Å²) in [4.78, 5) is 0. The van der Waals surface area contributed by atoms with Gasteiger partial charge >= 0.3 is 0 Å². The van der Waals surface area contributed by atoms with Gasteiger partial charge in [-0.2, -0.15) is 0 Å². The van der Waals surface area contributed by atoms with Crippen molar-refractivity contribution >= 4 is 0 Å². The van der Waals surface area contributed by atoms with Gasteiger partial charge in [-0.15, -0.1) is 0 Å². The Morgan fingerprint density at radius 3 is 2.50 bits per heavy atom. The van der Waals surface area contributed by atoms with Crippen molar-refractivity contribution in [3.63, 3.8) is 0 Å². The van der Waals surface area contributed by atoms with Crippen LogP contribution in [0.3, 0.4) is 0 Å². The van der Waals surface area contributed by atoms with Crippen LogP contribution in [-0.4, -0.2) is 29.2 Å². The first-order valence-corrected chi connectivity index (χ1v) is 5.10. The molecule has 1 N–H and O–H groups in total. The molecule has 2 rings (SSSR count). The topological polar surface area (TPSA) is 38.7 Å². The molecular formula is C11H18O3. The molecule has 1 heterocycles. The van der Waals surface area contributed by atoms with Crippen LogP contribution < -0.4 is 0 Å². The molecule has 0 spiro atoms. The molecule has 80 valence electrons. The summed E-state index contributed by atoms with van der Waals surface area (Å²) >= 11 is 0.